The van der Waals surface area contributed by atoms with Crippen LogP contribution in [-0.4, -0.2) is 45.6 Å². The molecule has 0 spiro atoms. The SMILES string of the molecule is O=C(O)c1ccc(N2CCC(O)CC2)nn1. The Bertz CT molecular complexity index is 371. The second-order valence-electron chi connectivity index (χ2n) is 3.80. The van der Waals surface area contributed by atoms with E-state index in [-0.39, 0.29) is 11.8 Å². The van der Waals surface area contributed by atoms with Crippen LogP contribution in [0.25, 0.3) is 0 Å². The maximum absolute atomic E-state index is 10.6. The zero-order valence-electron chi connectivity index (χ0n) is 8.70. The van der Waals surface area contributed by atoms with E-state index in [1.807, 2.05) is 4.90 Å². The van der Waals surface area contributed by atoms with Gasteiger partial charge in [-0.3, -0.25) is 0 Å². The van der Waals surface area contributed by atoms with Crippen LogP contribution in [0.15, 0.2) is 12.1 Å². The van der Waals surface area contributed by atoms with Gasteiger partial charge in [0, 0.05) is 13.1 Å². The average Bonchev–Trinajstić information content (AvgIpc) is 2.30. The second-order valence-corrected chi connectivity index (χ2v) is 3.80. The number of aromatic carboxylic acids is 1. The first-order chi connectivity index (χ1) is 7.66. The van der Waals surface area contributed by atoms with Gasteiger partial charge in [-0.15, -0.1) is 10.2 Å². The minimum atomic E-state index is -1.08. The van der Waals surface area contributed by atoms with E-state index in [1.165, 1.54) is 6.07 Å². The lowest BCUT2D eigenvalue weighted by Crippen LogP contribution is -2.36. The number of nitrogens with zero attached hydrogens (tertiary/aromatic N) is 3. The van der Waals surface area contributed by atoms with Crippen molar-refractivity contribution in [2.24, 2.45) is 0 Å². The third-order valence-electron chi connectivity index (χ3n) is 2.66. The first kappa shape index (κ1) is 10.8. The molecule has 1 aliphatic heterocycles. The monoisotopic (exact) mass is 223 g/mol. The molecular formula is C10H13N3O3. The molecule has 2 heterocycles. The number of aliphatic hydroxyl groups is 1. The fourth-order valence-corrected chi connectivity index (χ4v) is 1.70. The van der Waals surface area contributed by atoms with Crippen molar-refractivity contribution in [1.82, 2.24) is 10.2 Å². The van der Waals surface area contributed by atoms with Crippen molar-refractivity contribution in [2.45, 2.75) is 18.9 Å². The van der Waals surface area contributed by atoms with Gasteiger partial charge >= 0.3 is 5.97 Å². The molecule has 1 aromatic heterocycles. The maximum Gasteiger partial charge on any atom is 0.356 e. The summed E-state index contributed by atoms with van der Waals surface area (Å²) < 4.78 is 0. The van der Waals surface area contributed by atoms with Crippen LogP contribution in [-0.2, 0) is 0 Å². The highest BCUT2D eigenvalue weighted by Gasteiger charge is 2.18. The standard InChI is InChI=1S/C10H13N3O3/c14-7-3-5-13(6-4-7)9-2-1-8(10(15)16)11-12-9/h1-2,7,14H,3-6H2,(H,15,16). The van der Waals surface area contributed by atoms with Gasteiger partial charge in [0.1, 0.15) is 0 Å². The zero-order chi connectivity index (χ0) is 11.5. The van der Waals surface area contributed by atoms with Gasteiger partial charge in [-0.1, -0.05) is 0 Å². The summed E-state index contributed by atoms with van der Waals surface area (Å²) in [6.07, 6.45) is 1.19. The Morgan fingerprint density at radius 3 is 2.50 bits per heavy atom. The molecule has 0 aromatic carbocycles. The quantitative estimate of drug-likeness (QED) is 0.741. The molecule has 86 valence electrons. The summed E-state index contributed by atoms with van der Waals surface area (Å²) in [6, 6.07) is 3.09. The maximum atomic E-state index is 10.6. The van der Waals surface area contributed by atoms with E-state index >= 15 is 0 Å². The third-order valence-corrected chi connectivity index (χ3v) is 2.66. The summed E-state index contributed by atoms with van der Waals surface area (Å²) in [7, 11) is 0. The summed E-state index contributed by atoms with van der Waals surface area (Å²) in [6.45, 7) is 1.45. The van der Waals surface area contributed by atoms with Crippen molar-refractivity contribution in [3.8, 4) is 0 Å². The molecule has 1 saturated heterocycles. The van der Waals surface area contributed by atoms with Gasteiger partial charge in [-0.05, 0) is 25.0 Å². The number of carbonyl (C=O) groups is 1. The van der Waals surface area contributed by atoms with E-state index in [9.17, 15) is 9.90 Å². The third kappa shape index (κ3) is 2.27. The number of carboxylic acid groups (broad SMARTS) is 1. The number of hydrogen-bond donors (Lipinski definition) is 2. The summed E-state index contributed by atoms with van der Waals surface area (Å²) in [5, 5.41) is 25.5. The molecule has 0 amide bonds. The molecule has 0 radical (unpaired) electrons. The summed E-state index contributed by atoms with van der Waals surface area (Å²) in [5.74, 6) is -0.412. The molecule has 6 nitrogen and oxygen atoms in total. The molecule has 6 heteroatoms. The molecule has 1 aliphatic rings. The number of rotatable bonds is 2. The van der Waals surface area contributed by atoms with Crippen molar-refractivity contribution >= 4 is 11.8 Å². The van der Waals surface area contributed by atoms with Crippen molar-refractivity contribution in [1.29, 1.82) is 0 Å². The minimum Gasteiger partial charge on any atom is -0.476 e. The predicted octanol–water partition coefficient (Wildman–Crippen LogP) is 0.136. The lowest BCUT2D eigenvalue weighted by molar-refractivity contribution is 0.0689. The Balaban J connectivity index is 2.07. The van der Waals surface area contributed by atoms with Crippen LogP contribution in [0.2, 0.25) is 0 Å². The van der Waals surface area contributed by atoms with Gasteiger partial charge in [0.05, 0.1) is 6.10 Å². The highest BCUT2D eigenvalue weighted by molar-refractivity contribution is 5.85. The number of aliphatic hydroxyl groups excluding tert-OH is 1. The number of carboxylic acids is 1. The molecule has 16 heavy (non-hydrogen) atoms. The number of hydrogen-bond acceptors (Lipinski definition) is 5. The van der Waals surface area contributed by atoms with Gasteiger partial charge in [0.25, 0.3) is 0 Å². The lowest BCUT2D eigenvalue weighted by Gasteiger charge is -2.29. The van der Waals surface area contributed by atoms with Gasteiger partial charge in [-0.2, -0.15) is 0 Å². The molecule has 2 rings (SSSR count). The Morgan fingerprint density at radius 1 is 1.31 bits per heavy atom. The van der Waals surface area contributed by atoms with Gasteiger partial charge in [0.2, 0.25) is 0 Å². The molecule has 0 saturated carbocycles. The van der Waals surface area contributed by atoms with Crippen LogP contribution in [0.3, 0.4) is 0 Å². The molecule has 0 unspecified atom stereocenters. The predicted molar refractivity (Wildman–Crippen MR) is 56.4 cm³/mol. The van der Waals surface area contributed by atoms with Crippen LogP contribution < -0.4 is 4.90 Å². The summed E-state index contributed by atoms with van der Waals surface area (Å²) >= 11 is 0. The lowest BCUT2D eigenvalue weighted by atomic mass is 10.1. The molecule has 1 aromatic rings. The number of anilines is 1. The fraction of sp³-hybridized carbons (Fsp3) is 0.500. The van der Waals surface area contributed by atoms with Crippen LogP contribution >= 0.6 is 0 Å². The first-order valence-electron chi connectivity index (χ1n) is 5.17. The fourth-order valence-electron chi connectivity index (χ4n) is 1.70. The summed E-state index contributed by atoms with van der Waals surface area (Å²) in [4.78, 5) is 12.6. The Hall–Kier alpha value is -1.69. The highest BCUT2D eigenvalue weighted by Crippen LogP contribution is 2.16. The van der Waals surface area contributed by atoms with E-state index in [4.69, 9.17) is 5.11 Å². The van der Waals surface area contributed by atoms with Crippen molar-refractivity contribution in [3.63, 3.8) is 0 Å². The largest absolute Gasteiger partial charge is 0.476 e. The molecule has 0 aliphatic carbocycles. The second kappa shape index (κ2) is 4.44. The molecule has 0 atom stereocenters. The van der Waals surface area contributed by atoms with Crippen LogP contribution in [0, 0.1) is 0 Å². The first-order valence-corrected chi connectivity index (χ1v) is 5.17. The van der Waals surface area contributed by atoms with Crippen molar-refractivity contribution < 1.29 is 15.0 Å². The van der Waals surface area contributed by atoms with Crippen molar-refractivity contribution in [3.05, 3.63) is 17.8 Å². The Kier molecular flexibility index (Phi) is 3.00. The number of piperidine rings is 1. The van der Waals surface area contributed by atoms with Crippen LogP contribution in [0.4, 0.5) is 5.82 Å². The molecule has 1 fully saturated rings. The topological polar surface area (TPSA) is 86.5 Å². The highest BCUT2D eigenvalue weighted by atomic mass is 16.4. The molecule has 0 bridgehead atoms. The number of aromatic nitrogens is 2. The van der Waals surface area contributed by atoms with E-state index in [0.29, 0.717) is 18.7 Å². The van der Waals surface area contributed by atoms with Gasteiger partial charge in [-0.25, -0.2) is 4.79 Å². The summed E-state index contributed by atoms with van der Waals surface area (Å²) in [5.41, 5.74) is -0.0548. The van der Waals surface area contributed by atoms with Gasteiger partial charge < -0.3 is 15.1 Å². The minimum absolute atomic E-state index is 0.0548. The van der Waals surface area contributed by atoms with E-state index < -0.39 is 5.97 Å². The molecular weight excluding hydrogens is 210 g/mol. The normalized spacial score (nSPS) is 17.4. The Labute approximate surface area is 92.5 Å². The van der Waals surface area contributed by atoms with Gasteiger partial charge in [0.15, 0.2) is 11.5 Å². The van der Waals surface area contributed by atoms with E-state index in [1.54, 1.807) is 6.07 Å². The average molecular weight is 223 g/mol. The van der Waals surface area contributed by atoms with E-state index in [0.717, 1.165) is 13.1 Å². The van der Waals surface area contributed by atoms with E-state index in [2.05, 4.69) is 10.2 Å². The Morgan fingerprint density at radius 2 is 2.00 bits per heavy atom. The smallest absolute Gasteiger partial charge is 0.356 e. The van der Waals surface area contributed by atoms with Crippen LogP contribution in [0.1, 0.15) is 23.3 Å². The zero-order valence-corrected chi connectivity index (χ0v) is 8.70. The molecule has 2 N–H and O–H groups in total. The van der Waals surface area contributed by atoms with Crippen molar-refractivity contribution in [2.75, 3.05) is 18.0 Å². The van der Waals surface area contributed by atoms with Crippen LogP contribution in [0.5, 0.6) is 0 Å².